The number of fused-ring (bicyclic) bond motifs is 1. The van der Waals surface area contributed by atoms with E-state index < -0.39 is 17.3 Å². The highest BCUT2D eigenvalue weighted by molar-refractivity contribution is 6.10. The Morgan fingerprint density at radius 2 is 1.90 bits per heavy atom. The molecular formula is C16H13FN2O2. The van der Waals surface area contributed by atoms with Gasteiger partial charge in [0.1, 0.15) is 5.82 Å². The third-order valence-corrected chi connectivity index (χ3v) is 3.54. The Kier molecular flexibility index (Phi) is 2.97. The van der Waals surface area contributed by atoms with Gasteiger partial charge in [0.15, 0.2) is 5.54 Å². The van der Waals surface area contributed by atoms with Crippen molar-refractivity contribution in [2.75, 3.05) is 5.32 Å². The highest BCUT2D eigenvalue weighted by atomic mass is 19.1. The van der Waals surface area contributed by atoms with Crippen LogP contribution in [0.5, 0.6) is 0 Å². The molecule has 0 spiro atoms. The van der Waals surface area contributed by atoms with E-state index in [0.29, 0.717) is 16.8 Å². The van der Waals surface area contributed by atoms with Crippen molar-refractivity contribution in [3.8, 4) is 0 Å². The molecule has 1 heterocycles. The van der Waals surface area contributed by atoms with Gasteiger partial charge in [0.25, 0.3) is 5.91 Å². The van der Waals surface area contributed by atoms with E-state index in [-0.39, 0.29) is 5.91 Å². The number of hydrogen-bond acceptors (Lipinski definition) is 2. The van der Waals surface area contributed by atoms with Gasteiger partial charge < -0.3 is 10.6 Å². The third kappa shape index (κ3) is 1.98. The van der Waals surface area contributed by atoms with Crippen LogP contribution in [0.4, 0.5) is 10.1 Å². The minimum absolute atomic E-state index is 0.369. The number of nitrogens with one attached hydrogen (secondary N) is 2. The second kappa shape index (κ2) is 4.70. The molecule has 4 nitrogen and oxygen atoms in total. The standard InChI is InChI=1S/C16H13FN2O2/c1-10(20)19-16(11-5-3-2-4-6-11)13-9-12(17)7-8-14(13)18-15(16)21/h2-9H,1H3,(H,18,21)(H,19,20). The largest absolute Gasteiger partial charge is 0.335 e. The van der Waals surface area contributed by atoms with Crippen molar-refractivity contribution >= 4 is 17.5 Å². The van der Waals surface area contributed by atoms with Crippen LogP contribution in [0.2, 0.25) is 0 Å². The van der Waals surface area contributed by atoms with E-state index in [2.05, 4.69) is 10.6 Å². The molecule has 0 aromatic heterocycles. The number of rotatable bonds is 2. The van der Waals surface area contributed by atoms with E-state index >= 15 is 0 Å². The van der Waals surface area contributed by atoms with E-state index in [9.17, 15) is 14.0 Å². The third-order valence-electron chi connectivity index (χ3n) is 3.54. The average molecular weight is 284 g/mol. The molecule has 1 unspecified atom stereocenters. The van der Waals surface area contributed by atoms with Crippen LogP contribution in [-0.2, 0) is 15.1 Å². The summed E-state index contributed by atoms with van der Waals surface area (Å²) in [5.74, 6) is -1.23. The molecule has 0 aliphatic carbocycles. The maximum Gasteiger partial charge on any atom is 0.259 e. The summed E-state index contributed by atoms with van der Waals surface area (Å²) in [5.41, 5.74) is 0.0970. The summed E-state index contributed by atoms with van der Waals surface area (Å²) >= 11 is 0. The number of benzene rings is 2. The van der Waals surface area contributed by atoms with Gasteiger partial charge in [0.2, 0.25) is 5.91 Å². The smallest absolute Gasteiger partial charge is 0.259 e. The van der Waals surface area contributed by atoms with Gasteiger partial charge in [0.05, 0.1) is 0 Å². The topological polar surface area (TPSA) is 58.2 Å². The van der Waals surface area contributed by atoms with Crippen LogP contribution < -0.4 is 10.6 Å². The highest BCUT2D eigenvalue weighted by Gasteiger charge is 2.49. The first kappa shape index (κ1) is 13.3. The van der Waals surface area contributed by atoms with Crippen LogP contribution in [0.25, 0.3) is 0 Å². The van der Waals surface area contributed by atoms with E-state index in [1.807, 2.05) is 6.07 Å². The molecule has 0 bridgehead atoms. The SMILES string of the molecule is CC(=O)NC1(c2ccccc2)C(=O)Nc2ccc(F)cc21. The van der Waals surface area contributed by atoms with Crippen molar-refractivity contribution in [1.29, 1.82) is 0 Å². The molecule has 3 rings (SSSR count). The van der Waals surface area contributed by atoms with E-state index in [0.717, 1.165) is 0 Å². The predicted molar refractivity (Wildman–Crippen MR) is 76.1 cm³/mol. The van der Waals surface area contributed by atoms with Crippen molar-refractivity contribution in [1.82, 2.24) is 5.32 Å². The fourth-order valence-electron chi connectivity index (χ4n) is 2.71. The summed E-state index contributed by atoms with van der Waals surface area (Å²) in [6.07, 6.45) is 0. The Morgan fingerprint density at radius 1 is 1.19 bits per heavy atom. The van der Waals surface area contributed by atoms with Gasteiger partial charge in [-0.3, -0.25) is 9.59 Å². The van der Waals surface area contributed by atoms with Crippen LogP contribution in [0, 0.1) is 5.82 Å². The van der Waals surface area contributed by atoms with Crippen molar-refractivity contribution in [2.24, 2.45) is 0 Å². The van der Waals surface area contributed by atoms with Gasteiger partial charge in [-0.25, -0.2) is 4.39 Å². The molecule has 2 aromatic rings. The number of carbonyl (C=O) groups is 2. The van der Waals surface area contributed by atoms with Crippen molar-refractivity contribution in [3.63, 3.8) is 0 Å². The number of anilines is 1. The fourth-order valence-corrected chi connectivity index (χ4v) is 2.71. The van der Waals surface area contributed by atoms with Gasteiger partial charge in [0, 0.05) is 18.2 Å². The molecule has 0 saturated heterocycles. The van der Waals surface area contributed by atoms with Gasteiger partial charge in [-0.1, -0.05) is 30.3 Å². The van der Waals surface area contributed by atoms with E-state index in [1.165, 1.54) is 25.1 Å². The van der Waals surface area contributed by atoms with Crippen molar-refractivity contribution in [3.05, 3.63) is 65.5 Å². The van der Waals surface area contributed by atoms with Gasteiger partial charge in [-0.15, -0.1) is 0 Å². The summed E-state index contributed by atoms with van der Waals surface area (Å²) in [7, 11) is 0. The summed E-state index contributed by atoms with van der Waals surface area (Å²) in [4.78, 5) is 24.2. The lowest BCUT2D eigenvalue weighted by atomic mass is 9.83. The maximum atomic E-state index is 13.6. The number of carbonyl (C=O) groups excluding carboxylic acids is 2. The Bertz CT molecular complexity index is 730. The monoisotopic (exact) mass is 284 g/mol. The molecule has 1 aliphatic rings. The van der Waals surface area contributed by atoms with Gasteiger partial charge in [-0.05, 0) is 23.8 Å². The second-order valence-corrected chi connectivity index (χ2v) is 4.94. The quantitative estimate of drug-likeness (QED) is 0.888. The first-order valence-electron chi connectivity index (χ1n) is 6.50. The Balaban J connectivity index is 2.29. The number of halogens is 1. The summed E-state index contributed by atoms with van der Waals surface area (Å²) in [5, 5.41) is 5.39. The maximum absolute atomic E-state index is 13.6. The summed E-state index contributed by atoms with van der Waals surface area (Å²) in [6, 6.07) is 12.8. The molecule has 2 amide bonds. The van der Waals surface area contributed by atoms with Crippen LogP contribution in [0.15, 0.2) is 48.5 Å². The number of amides is 2. The molecule has 1 atom stereocenters. The van der Waals surface area contributed by atoms with E-state index in [1.54, 1.807) is 24.3 Å². The lowest BCUT2D eigenvalue weighted by molar-refractivity contribution is -0.127. The van der Waals surface area contributed by atoms with Gasteiger partial charge >= 0.3 is 0 Å². The van der Waals surface area contributed by atoms with Crippen LogP contribution in [0.1, 0.15) is 18.1 Å². The fraction of sp³-hybridized carbons (Fsp3) is 0.125. The molecule has 0 saturated carbocycles. The highest BCUT2D eigenvalue weighted by Crippen LogP contribution is 2.41. The molecule has 1 aliphatic heterocycles. The zero-order chi connectivity index (χ0) is 15.0. The van der Waals surface area contributed by atoms with E-state index in [4.69, 9.17) is 0 Å². The zero-order valence-corrected chi connectivity index (χ0v) is 11.3. The molecule has 5 heteroatoms. The number of hydrogen-bond donors (Lipinski definition) is 2. The normalized spacial score (nSPS) is 19.8. The molecular weight excluding hydrogens is 271 g/mol. The van der Waals surface area contributed by atoms with Gasteiger partial charge in [-0.2, -0.15) is 0 Å². The Labute approximate surface area is 121 Å². The van der Waals surface area contributed by atoms with Crippen LogP contribution in [-0.4, -0.2) is 11.8 Å². The minimum Gasteiger partial charge on any atom is -0.335 e. The summed E-state index contributed by atoms with van der Waals surface area (Å²) < 4.78 is 13.6. The molecule has 106 valence electrons. The van der Waals surface area contributed by atoms with Crippen LogP contribution >= 0.6 is 0 Å². The molecule has 2 aromatic carbocycles. The molecule has 21 heavy (non-hydrogen) atoms. The zero-order valence-electron chi connectivity index (χ0n) is 11.3. The molecule has 0 radical (unpaired) electrons. The Morgan fingerprint density at radius 3 is 2.57 bits per heavy atom. The average Bonchev–Trinajstić information content (AvgIpc) is 2.73. The van der Waals surface area contributed by atoms with Crippen molar-refractivity contribution < 1.29 is 14.0 Å². The first-order chi connectivity index (χ1) is 10.0. The van der Waals surface area contributed by atoms with Crippen molar-refractivity contribution in [2.45, 2.75) is 12.5 Å². The molecule has 2 N–H and O–H groups in total. The second-order valence-electron chi connectivity index (χ2n) is 4.94. The molecule has 0 fully saturated rings. The lowest BCUT2D eigenvalue weighted by Gasteiger charge is -2.28. The lowest BCUT2D eigenvalue weighted by Crippen LogP contribution is -2.51. The minimum atomic E-state index is -1.40. The predicted octanol–water partition coefficient (Wildman–Crippen LogP) is 2.16. The Hall–Kier alpha value is -2.69. The first-order valence-corrected chi connectivity index (χ1v) is 6.50. The summed E-state index contributed by atoms with van der Waals surface area (Å²) in [6.45, 7) is 1.33. The van der Waals surface area contributed by atoms with Crippen LogP contribution in [0.3, 0.4) is 0 Å².